The molecule has 1 heterocycles. The van der Waals surface area contributed by atoms with E-state index in [1.54, 1.807) is 7.11 Å². The number of ether oxygens (including phenoxy) is 2. The van der Waals surface area contributed by atoms with Crippen LogP contribution in [-0.4, -0.2) is 42.7 Å². The third-order valence-corrected chi connectivity index (χ3v) is 2.70. The molecule has 0 aliphatic rings. The minimum absolute atomic E-state index is 0.347. The van der Waals surface area contributed by atoms with Crippen LogP contribution in [0.25, 0.3) is 0 Å². The number of methoxy groups -OCH3 is 1. The van der Waals surface area contributed by atoms with Crippen molar-refractivity contribution in [2.45, 2.75) is 26.8 Å². The quantitative estimate of drug-likeness (QED) is 0.725. The van der Waals surface area contributed by atoms with Crippen LogP contribution in [0.1, 0.15) is 18.3 Å². The molecule has 0 amide bonds. The number of hydrogen-bond donors (Lipinski definition) is 1. The van der Waals surface area contributed by atoms with Gasteiger partial charge in [0.15, 0.2) is 5.75 Å². The summed E-state index contributed by atoms with van der Waals surface area (Å²) in [5.41, 5.74) is 2.00. The minimum Gasteiger partial charge on any atom is -0.488 e. The van der Waals surface area contributed by atoms with E-state index in [2.05, 4.69) is 17.3 Å². The Kier molecular flexibility index (Phi) is 5.44. The first-order valence-corrected chi connectivity index (χ1v) is 5.91. The summed E-state index contributed by atoms with van der Waals surface area (Å²) < 4.78 is 12.6. The lowest BCUT2D eigenvalue weighted by Gasteiger charge is -2.13. The molecule has 0 fully saturated rings. The third-order valence-electron chi connectivity index (χ3n) is 2.70. The van der Waals surface area contributed by atoms with Gasteiger partial charge in [0.1, 0.15) is 12.3 Å². The summed E-state index contributed by atoms with van der Waals surface area (Å²) in [5.74, 6) is 0.897. The number of nitrogens with zero attached hydrogens (tertiary/aromatic N) is 2. The van der Waals surface area contributed by atoms with Gasteiger partial charge < -0.3 is 14.8 Å². The van der Waals surface area contributed by atoms with Crippen molar-refractivity contribution in [3.63, 3.8) is 0 Å². The van der Waals surface area contributed by atoms with Crippen LogP contribution < -0.4 is 10.1 Å². The summed E-state index contributed by atoms with van der Waals surface area (Å²) in [5, 5.41) is 7.63. The largest absolute Gasteiger partial charge is 0.488 e. The van der Waals surface area contributed by atoms with Crippen LogP contribution in [0.2, 0.25) is 0 Å². The topological polar surface area (TPSA) is 48.3 Å². The van der Waals surface area contributed by atoms with Gasteiger partial charge in [-0.3, -0.25) is 4.68 Å². The minimum atomic E-state index is 0.347. The second kappa shape index (κ2) is 6.61. The highest BCUT2D eigenvalue weighted by molar-refractivity contribution is 5.31. The highest BCUT2D eigenvalue weighted by atomic mass is 16.5. The van der Waals surface area contributed by atoms with Crippen molar-refractivity contribution in [1.29, 1.82) is 0 Å². The number of rotatable bonds is 7. The van der Waals surface area contributed by atoms with Crippen molar-refractivity contribution in [1.82, 2.24) is 15.1 Å². The average molecular weight is 241 g/mol. The van der Waals surface area contributed by atoms with Gasteiger partial charge in [-0.25, -0.2) is 0 Å². The average Bonchev–Trinajstić information content (AvgIpc) is 2.50. The standard InChI is InChI=1S/C12H23N3O2/c1-9(8-16-5)13-6-7-17-12-10(2)14-15(4)11(12)3/h9,13H,6-8H2,1-5H3. The summed E-state index contributed by atoms with van der Waals surface area (Å²) >= 11 is 0. The Morgan fingerprint density at radius 1 is 1.41 bits per heavy atom. The molecule has 0 radical (unpaired) electrons. The van der Waals surface area contributed by atoms with E-state index in [4.69, 9.17) is 9.47 Å². The van der Waals surface area contributed by atoms with Crippen LogP contribution in [0.4, 0.5) is 0 Å². The Hall–Kier alpha value is -1.07. The summed E-state index contributed by atoms with van der Waals surface area (Å²) in [6.45, 7) is 8.22. The molecule has 1 aromatic rings. The Labute approximate surface area is 103 Å². The fourth-order valence-electron chi connectivity index (χ4n) is 1.73. The third kappa shape index (κ3) is 4.02. The zero-order chi connectivity index (χ0) is 12.8. The van der Waals surface area contributed by atoms with E-state index in [1.165, 1.54) is 0 Å². The summed E-state index contributed by atoms with van der Waals surface area (Å²) in [7, 11) is 3.63. The molecule has 1 aromatic heterocycles. The Morgan fingerprint density at radius 2 is 2.12 bits per heavy atom. The smallest absolute Gasteiger partial charge is 0.163 e. The summed E-state index contributed by atoms with van der Waals surface area (Å²) in [6, 6.07) is 0.347. The van der Waals surface area contributed by atoms with Gasteiger partial charge in [0.2, 0.25) is 0 Å². The van der Waals surface area contributed by atoms with Gasteiger partial charge in [-0.1, -0.05) is 0 Å². The molecular formula is C12H23N3O2. The molecule has 0 spiro atoms. The zero-order valence-corrected chi connectivity index (χ0v) is 11.4. The molecule has 0 aromatic carbocycles. The Bertz CT molecular complexity index is 350. The first-order valence-electron chi connectivity index (χ1n) is 5.91. The fourth-order valence-corrected chi connectivity index (χ4v) is 1.73. The number of hydrogen-bond acceptors (Lipinski definition) is 4. The van der Waals surface area contributed by atoms with Gasteiger partial charge in [-0.15, -0.1) is 0 Å². The predicted octanol–water partition coefficient (Wildman–Crippen LogP) is 1.04. The van der Waals surface area contributed by atoms with E-state index >= 15 is 0 Å². The van der Waals surface area contributed by atoms with Gasteiger partial charge in [-0.05, 0) is 20.8 Å². The molecule has 0 saturated heterocycles. The molecule has 1 atom stereocenters. The van der Waals surface area contributed by atoms with Crippen LogP contribution in [0.5, 0.6) is 5.75 Å². The lowest BCUT2D eigenvalue weighted by molar-refractivity contribution is 0.169. The first-order chi connectivity index (χ1) is 8.06. The van der Waals surface area contributed by atoms with Crippen molar-refractivity contribution < 1.29 is 9.47 Å². The lowest BCUT2D eigenvalue weighted by Crippen LogP contribution is -2.33. The van der Waals surface area contributed by atoms with Crippen LogP contribution >= 0.6 is 0 Å². The van der Waals surface area contributed by atoms with Crippen molar-refractivity contribution in [3.05, 3.63) is 11.4 Å². The van der Waals surface area contributed by atoms with E-state index in [-0.39, 0.29) is 0 Å². The number of aryl methyl sites for hydroxylation is 2. The monoisotopic (exact) mass is 241 g/mol. The Morgan fingerprint density at radius 3 is 2.65 bits per heavy atom. The second-order valence-corrected chi connectivity index (χ2v) is 4.28. The van der Waals surface area contributed by atoms with Crippen LogP contribution in [0.3, 0.4) is 0 Å². The van der Waals surface area contributed by atoms with Crippen LogP contribution in [0.15, 0.2) is 0 Å². The van der Waals surface area contributed by atoms with E-state index in [0.29, 0.717) is 19.3 Å². The maximum absolute atomic E-state index is 5.73. The van der Waals surface area contributed by atoms with Gasteiger partial charge >= 0.3 is 0 Å². The van der Waals surface area contributed by atoms with Crippen LogP contribution in [0, 0.1) is 13.8 Å². The maximum atomic E-state index is 5.73. The molecule has 98 valence electrons. The molecule has 0 bridgehead atoms. The molecule has 0 aliphatic heterocycles. The van der Waals surface area contributed by atoms with Gasteiger partial charge in [-0.2, -0.15) is 5.10 Å². The van der Waals surface area contributed by atoms with Crippen molar-refractivity contribution in [2.24, 2.45) is 7.05 Å². The molecule has 17 heavy (non-hydrogen) atoms. The molecular weight excluding hydrogens is 218 g/mol. The highest BCUT2D eigenvalue weighted by Gasteiger charge is 2.10. The van der Waals surface area contributed by atoms with Crippen molar-refractivity contribution >= 4 is 0 Å². The molecule has 0 saturated carbocycles. The van der Waals surface area contributed by atoms with Crippen molar-refractivity contribution in [2.75, 3.05) is 26.9 Å². The normalized spacial score (nSPS) is 12.8. The van der Waals surface area contributed by atoms with Gasteiger partial charge in [0.05, 0.1) is 12.3 Å². The highest BCUT2D eigenvalue weighted by Crippen LogP contribution is 2.20. The molecule has 5 nitrogen and oxygen atoms in total. The maximum Gasteiger partial charge on any atom is 0.163 e. The van der Waals surface area contributed by atoms with Gasteiger partial charge in [0.25, 0.3) is 0 Å². The van der Waals surface area contributed by atoms with E-state index in [9.17, 15) is 0 Å². The lowest BCUT2D eigenvalue weighted by atomic mass is 10.3. The van der Waals surface area contributed by atoms with E-state index in [0.717, 1.165) is 23.7 Å². The second-order valence-electron chi connectivity index (χ2n) is 4.28. The van der Waals surface area contributed by atoms with E-state index in [1.807, 2.05) is 25.6 Å². The molecule has 1 unspecified atom stereocenters. The van der Waals surface area contributed by atoms with Gasteiger partial charge in [0, 0.05) is 26.7 Å². The first kappa shape index (κ1) is 14.0. The Balaban J connectivity index is 2.31. The van der Waals surface area contributed by atoms with Crippen LogP contribution in [-0.2, 0) is 11.8 Å². The fraction of sp³-hybridized carbons (Fsp3) is 0.750. The zero-order valence-electron chi connectivity index (χ0n) is 11.4. The summed E-state index contributed by atoms with van der Waals surface area (Å²) in [4.78, 5) is 0. The molecule has 5 heteroatoms. The SMILES string of the molecule is COCC(C)NCCOc1c(C)nn(C)c1C. The summed E-state index contributed by atoms with van der Waals surface area (Å²) in [6.07, 6.45) is 0. The van der Waals surface area contributed by atoms with E-state index < -0.39 is 0 Å². The molecule has 0 aliphatic carbocycles. The molecule has 1 N–H and O–H groups in total. The number of nitrogens with one attached hydrogen (secondary N) is 1. The number of aromatic nitrogens is 2. The molecule has 1 rings (SSSR count). The predicted molar refractivity (Wildman–Crippen MR) is 67.5 cm³/mol. The van der Waals surface area contributed by atoms with Crippen molar-refractivity contribution in [3.8, 4) is 5.75 Å².